The van der Waals surface area contributed by atoms with Crippen molar-refractivity contribution in [1.82, 2.24) is 9.80 Å². The molecule has 1 aromatic rings. The molecule has 1 aromatic carbocycles. The zero-order valence-corrected chi connectivity index (χ0v) is 10.8. The third-order valence-electron chi connectivity index (χ3n) is 2.96. The summed E-state index contributed by atoms with van der Waals surface area (Å²) in [6, 6.07) is 8.18. The molecule has 91 valence electrons. The SMILES string of the molecule is CN1[C]2SC=CN2C=C1c1ccc(/C=N\N)cc1. The van der Waals surface area contributed by atoms with Crippen LogP contribution in [0, 0.1) is 5.50 Å². The number of thioether (sulfide) groups is 1. The maximum Gasteiger partial charge on any atom is 0.223 e. The van der Waals surface area contributed by atoms with Gasteiger partial charge in [0.1, 0.15) is 0 Å². The Kier molecular flexibility index (Phi) is 2.76. The van der Waals surface area contributed by atoms with Crippen LogP contribution in [0.25, 0.3) is 5.70 Å². The number of benzene rings is 1. The molecule has 2 N–H and O–H groups in total. The van der Waals surface area contributed by atoms with Gasteiger partial charge in [-0.2, -0.15) is 5.10 Å². The summed E-state index contributed by atoms with van der Waals surface area (Å²) in [5.41, 5.74) is 4.60. The summed E-state index contributed by atoms with van der Waals surface area (Å²) in [7, 11) is 2.08. The first kappa shape index (κ1) is 11.2. The molecule has 4 nitrogen and oxygen atoms in total. The Balaban J connectivity index is 1.89. The van der Waals surface area contributed by atoms with Gasteiger partial charge in [-0.05, 0) is 16.5 Å². The van der Waals surface area contributed by atoms with Crippen molar-refractivity contribution in [1.29, 1.82) is 0 Å². The van der Waals surface area contributed by atoms with E-state index in [0.29, 0.717) is 0 Å². The first-order chi connectivity index (χ1) is 8.79. The number of hydrazone groups is 1. The van der Waals surface area contributed by atoms with E-state index in [2.05, 4.69) is 51.9 Å². The molecular weight excluding hydrogens is 244 g/mol. The van der Waals surface area contributed by atoms with Crippen molar-refractivity contribution in [3.63, 3.8) is 0 Å². The lowest BCUT2D eigenvalue weighted by Crippen LogP contribution is -2.20. The van der Waals surface area contributed by atoms with Gasteiger partial charge in [0.25, 0.3) is 0 Å². The number of nitrogens with two attached hydrogens (primary N) is 1. The third kappa shape index (κ3) is 1.76. The van der Waals surface area contributed by atoms with Crippen LogP contribution in [0.1, 0.15) is 11.1 Å². The summed E-state index contributed by atoms with van der Waals surface area (Å²) in [5.74, 6) is 5.13. The highest BCUT2D eigenvalue weighted by Gasteiger charge is 2.33. The number of hydrogen-bond donors (Lipinski definition) is 1. The van der Waals surface area contributed by atoms with Crippen LogP contribution >= 0.6 is 11.8 Å². The van der Waals surface area contributed by atoms with Crippen LogP contribution in [0.4, 0.5) is 0 Å². The number of rotatable bonds is 2. The van der Waals surface area contributed by atoms with Crippen molar-refractivity contribution < 1.29 is 0 Å². The van der Waals surface area contributed by atoms with Crippen molar-refractivity contribution >= 4 is 23.7 Å². The molecule has 0 aromatic heterocycles. The van der Waals surface area contributed by atoms with E-state index in [0.717, 1.165) is 5.56 Å². The minimum absolute atomic E-state index is 1.00. The van der Waals surface area contributed by atoms with E-state index in [1.807, 2.05) is 12.1 Å². The van der Waals surface area contributed by atoms with Crippen LogP contribution in [0.3, 0.4) is 0 Å². The molecule has 2 heterocycles. The summed E-state index contributed by atoms with van der Waals surface area (Å²) in [4.78, 5) is 4.33. The molecule has 0 saturated carbocycles. The van der Waals surface area contributed by atoms with Gasteiger partial charge in [0.15, 0.2) is 0 Å². The van der Waals surface area contributed by atoms with Crippen molar-refractivity contribution in [2.45, 2.75) is 0 Å². The summed E-state index contributed by atoms with van der Waals surface area (Å²) in [6.45, 7) is 0. The van der Waals surface area contributed by atoms with Crippen LogP contribution in [-0.4, -0.2) is 23.1 Å². The van der Waals surface area contributed by atoms with Gasteiger partial charge >= 0.3 is 0 Å². The highest BCUT2D eigenvalue weighted by Crippen LogP contribution is 2.44. The first-order valence-corrected chi connectivity index (χ1v) is 6.45. The quantitative estimate of drug-likeness (QED) is 0.501. The molecule has 2 aliphatic rings. The average Bonchev–Trinajstić information content (AvgIpc) is 2.95. The Morgan fingerprint density at radius 1 is 1.28 bits per heavy atom. The fourth-order valence-electron chi connectivity index (χ4n) is 2.05. The van der Waals surface area contributed by atoms with Crippen molar-refractivity contribution in [2.75, 3.05) is 7.05 Å². The molecule has 0 atom stereocenters. The van der Waals surface area contributed by atoms with Gasteiger partial charge < -0.3 is 15.6 Å². The smallest absolute Gasteiger partial charge is 0.223 e. The summed E-state index contributed by atoms with van der Waals surface area (Å²) < 4.78 is 0. The van der Waals surface area contributed by atoms with Gasteiger partial charge in [0.05, 0.1) is 11.9 Å². The summed E-state index contributed by atoms with van der Waals surface area (Å²) in [6.07, 6.45) is 5.85. The average molecular weight is 257 g/mol. The maximum absolute atomic E-state index is 5.13. The van der Waals surface area contributed by atoms with Gasteiger partial charge in [-0.25, -0.2) is 0 Å². The minimum Gasteiger partial charge on any atom is -0.337 e. The fourth-order valence-corrected chi connectivity index (χ4v) is 2.85. The van der Waals surface area contributed by atoms with E-state index in [1.54, 1.807) is 18.0 Å². The normalized spacial score (nSPS) is 18.8. The largest absolute Gasteiger partial charge is 0.337 e. The van der Waals surface area contributed by atoms with Gasteiger partial charge in [-0.3, -0.25) is 0 Å². The number of fused-ring (bicyclic) bond motifs is 1. The highest BCUT2D eigenvalue weighted by molar-refractivity contribution is 8.05. The highest BCUT2D eigenvalue weighted by atomic mass is 32.2. The summed E-state index contributed by atoms with van der Waals surface area (Å²) >= 11 is 1.73. The molecule has 0 aliphatic carbocycles. The zero-order valence-electron chi connectivity index (χ0n) is 9.95. The molecule has 0 spiro atoms. The zero-order chi connectivity index (χ0) is 12.5. The molecular formula is C13H13N4S. The maximum atomic E-state index is 5.13. The molecule has 5 heteroatoms. The second-order valence-electron chi connectivity index (χ2n) is 4.07. The standard InChI is InChI=1S/C13H13N4S/c1-16-12(9-17-6-7-18-13(16)17)11-4-2-10(3-5-11)8-15-14/h2-9H,14H2,1H3/b15-8-. The van der Waals surface area contributed by atoms with E-state index in [1.165, 1.54) is 16.8 Å². The van der Waals surface area contributed by atoms with E-state index < -0.39 is 0 Å². The van der Waals surface area contributed by atoms with Gasteiger partial charge in [-0.1, -0.05) is 36.0 Å². The fraction of sp³-hybridized carbons (Fsp3) is 0.0769. The molecule has 0 bridgehead atoms. The molecule has 1 radical (unpaired) electrons. The Bertz CT molecular complexity index is 532. The second-order valence-corrected chi connectivity index (χ2v) is 4.94. The Morgan fingerprint density at radius 2 is 2.06 bits per heavy atom. The lowest BCUT2D eigenvalue weighted by Gasteiger charge is -2.22. The predicted octanol–water partition coefficient (Wildman–Crippen LogP) is 2.19. The van der Waals surface area contributed by atoms with Crippen LogP contribution in [0.5, 0.6) is 0 Å². The van der Waals surface area contributed by atoms with E-state index in [4.69, 9.17) is 5.84 Å². The molecule has 0 amide bonds. The second kappa shape index (κ2) is 4.42. The molecule has 3 rings (SSSR count). The Labute approximate surface area is 110 Å². The van der Waals surface area contributed by atoms with Crippen molar-refractivity contribution in [3.05, 3.63) is 58.7 Å². The van der Waals surface area contributed by atoms with E-state index in [-0.39, 0.29) is 0 Å². The van der Waals surface area contributed by atoms with Crippen LogP contribution in [0.15, 0.2) is 47.2 Å². The van der Waals surface area contributed by atoms with Crippen molar-refractivity contribution in [3.8, 4) is 0 Å². The van der Waals surface area contributed by atoms with Gasteiger partial charge in [-0.15, -0.1) is 0 Å². The topological polar surface area (TPSA) is 44.9 Å². The number of hydrogen-bond acceptors (Lipinski definition) is 5. The van der Waals surface area contributed by atoms with Crippen LogP contribution < -0.4 is 5.84 Å². The van der Waals surface area contributed by atoms with E-state index in [9.17, 15) is 0 Å². The molecule has 0 saturated heterocycles. The molecule has 0 fully saturated rings. The molecule has 2 aliphatic heterocycles. The molecule has 0 unspecified atom stereocenters. The molecule has 18 heavy (non-hydrogen) atoms. The monoisotopic (exact) mass is 257 g/mol. The van der Waals surface area contributed by atoms with Gasteiger partial charge in [0, 0.05) is 19.4 Å². The van der Waals surface area contributed by atoms with Crippen molar-refractivity contribution in [2.24, 2.45) is 10.9 Å². The van der Waals surface area contributed by atoms with Crippen LogP contribution in [0.2, 0.25) is 0 Å². The lowest BCUT2D eigenvalue weighted by atomic mass is 10.1. The Morgan fingerprint density at radius 3 is 2.72 bits per heavy atom. The van der Waals surface area contributed by atoms with Gasteiger partial charge in [0.2, 0.25) is 5.50 Å². The number of nitrogens with zero attached hydrogens (tertiary/aromatic N) is 3. The first-order valence-electron chi connectivity index (χ1n) is 5.57. The predicted molar refractivity (Wildman–Crippen MR) is 75.8 cm³/mol. The minimum atomic E-state index is 1.00. The van der Waals surface area contributed by atoms with E-state index >= 15 is 0 Å². The third-order valence-corrected chi connectivity index (χ3v) is 3.91. The lowest BCUT2D eigenvalue weighted by molar-refractivity contribution is 0.449. The summed E-state index contributed by atoms with van der Waals surface area (Å²) in [5, 5.41) is 5.60. The Hall–Kier alpha value is -1.88. The van der Waals surface area contributed by atoms with Crippen LogP contribution in [-0.2, 0) is 0 Å².